The first-order valence-electron chi connectivity index (χ1n) is 8.30. The van der Waals surface area contributed by atoms with E-state index in [1.165, 1.54) is 5.56 Å². The maximum absolute atomic E-state index is 5.85. The summed E-state index contributed by atoms with van der Waals surface area (Å²) in [6.45, 7) is 8.11. The van der Waals surface area contributed by atoms with Gasteiger partial charge in [-0.2, -0.15) is 0 Å². The summed E-state index contributed by atoms with van der Waals surface area (Å²) >= 11 is 1.60. The molecule has 0 fully saturated rings. The lowest BCUT2D eigenvalue weighted by molar-refractivity contribution is 0.229. The molecule has 0 spiro atoms. The van der Waals surface area contributed by atoms with E-state index in [9.17, 15) is 0 Å². The topological polar surface area (TPSA) is 51.5 Å². The maximum atomic E-state index is 5.85. The highest BCUT2D eigenvalue weighted by atomic mass is 32.1. The molecular formula is C18H22N4OS. The number of rotatable bonds is 3. The molecule has 5 nitrogen and oxygen atoms in total. The van der Waals surface area contributed by atoms with Crippen LogP contribution in [0.15, 0.2) is 30.5 Å². The standard InChI is InChI=1S/C18H22N4OS/c1-18(2,3)15-10-22-17(20-15)24-16(21-22)19-9-12-8-13-6-4-5-7-14(13)23-11-12/h4-7,10,12H,8-9,11H2,1-3H3,(H,19,21)/t12-/m0/s1. The summed E-state index contributed by atoms with van der Waals surface area (Å²) in [5.74, 6) is 1.48. The molecule has 1 N–H and O–H groups in total. The molecule has 0 radical (unpaired) electrons. The number of imidazole rings is 1. The third-order valence-electron chi connectivity index (χ3n) is 4.31. The van der Waals surface area contributed by atoms with Crippen LogP contribution in [-0.2, 0) is 11.8 Å². The predicted molar refractivity (Wildman–Crippen MR) is 97.2 cm³/mol. The highest BCUT2D eigenvalue weighted by Crippen LogP contribution is 2.28. The van der Waals surface area contributed by atoms with Gasteiger partial charge in [0.2, 0.25) is 10.1 Å². The van der Waals surface area contributed by atoms with Crippen molar-refractivity contribution in [1.29, 1.82) is 0 Å². The third-order valence-corrected chi connectivity index (χ3v) is 5.19. The van der Waals surface area contributed by atoms with Gasteiger partial charge in [0.05, 0.1) is 18.5 Å². The molecule has 24 heavy (non-hydrogen) atoms. The molecule has 126 valence electrons. The summed E-state index contributed by atoms with van der Waals surface area (Å²) in [5.41, 5.74) is 2.41. The molecule has 4 rings (SSSR count). The Morgan fingerprint density at radius 2 is 2.17 bits per heavy atom. The quantitative estimate of drug-likeness (QED) is 0.787. The van der Waals surface area contributed by atoms with E-state index in [0.717, 1.165) is 41.1 Å². The number of nitrogens with zero attached hydrogens (tertiary/aromatic N) is 3. The highest BCUT2D eigenvalue weighted by molar-refractivity contribution is 7.20. The SMILES string of the molecule is CC(C)(C)c1cn2nc(NC[C@H]3COc4ccccc4C3)sc2n1. The average Bonchev–Trinajstić information content (AvgIpc) is 3.11. The molecule has 0 aliphatic carbocycles. The van der Waals surface area contributed by atoms with Crippen LogP contribution in [0.5, 0.6) is 5.75 Å². The van der Waals surface area contributed by atoms with Crippen LogP contribution in [-0.4, -0.2) is 27.7 Å². The van der Waals surface area contributed by atoms with Gasteiger partial charge in [-0.1, -0.05) is 50.3 Å². The van der Waals surface area contributed by atoms with E-state index in [1.54, 1.807) is 11.3 Å². The van der Waals surface area contributed by atoms with Gasteiger partial charge in [0.1, 0.15) is 5.75 Å². The number of ether oxygens (including phenoxy) is 1. The van der Waals surface area contributed by atoms with E-state index in [2.05, 4.69) is 48.3 Å². The molecule has 0 amide bonds. The lowest BCUT2D eigenvalue weighted by Crippen LogP contribution is -2.27. The molecule has 1 atom stereocenters. The number of hydrogen-bond donors (Lipinski definition) is 1. The Bertz CT molecular complexity index is 830. The monoisotopic (exact) mass is 342 g/mol. The number of nitrogens with one attached hydrogen (secondary N) is 1. The van der Waals surface area contributed by atoms with Crippen molar-refractivity contribution < 1.29 is 4.74 Å². The Morgan fingerprint density at radius 3 is 2.96 bits per heavy atom. The fourth-order valence-electron chi connectivity index (χ4n) is 2.89. The van der Waals surface area contributed by atoms with Crippen LogP contribution in [0.4, 0.5) is 5.13 Å². The normalized spacial score (nSPS) is 17.5. The molecule has 3 aromatic rings. The number of aromatic nitrogens is 3. The minimum Gasteiger partial charge on any atom is -0.493 e. The molecule has 3 heterocycles. The van der Waals surface area contributed by atoms with Crippen LogP contribution in [0.3, 0.4) is 0 Å². The Balaban J connectivity index is 1.41. The second-order valence-electron chi connectivity index (χ2n) is 7.38. The molecule has 0 saturated heterocycles. The van der Waals surface area contributed by atoms with Crippen LogP contribution in [0.1, 0.15) is 32.0 Å². The van der Waals surface area contributed by atoms with Crippen molar-refractivity contribution in [3.63, 3.8) is 0 Å². The largest absolute Gasteiger partial charge is 0.493 e. The molecular weight excluding hydrogens is 320 g/mol. The van der Waals surface area contributed by atoms with E-state index in [0.29, 0.717) is 5.92 Å². The summed E-state index contributed by atoms with van der Waals surface area (Å²) in [5, 5.41) is 8.96. The molecule has 0 bridgehead atoms. The first-order chi connectivity index (χ1) is 11.5. The zero-order chi connectivity index (χ0) is 16.7. The average molecular weight is 342 g/mol. The van der Waals surface area contributed by atoms with Gasteiger partial charge in [0.25, 0.3) is 0 Å². The van der Waals surface area contributed by atoms with Crippen LogP contribution in [0.2, 0.25) is 0 Å². The Labute approximate surface area is 145 Å². The molecule has 1 aliphatic rings. The summed E-state index contributed by atoms with van der Waals surface area (Å²) in [6, 6.07) is 8.28. The van der Waals surface area contributed by atoms with Gasteiger partial charge in [-0.25, -0.2) is 9.50 Å². The van der Waals surface area contributed by atoms with Crippen molar-refractivity contribution in [2.75, 3.05) is 18.5 Å². The summed E-state index contributed by atoms with van der Waals surface area (Å²) < 4.78 is 7.72. The van der Waals surface area contributed by atoms with Gasteiger partial charge < -0.3 is 10.1 Å². The number of para-hydroxylation sites is 1. The zero-order valence-electron chi connectivity index (χ0n) is 14.2. The highest BCUT2D eigenvalue weighted by Gasteiger charge is 2.21. The second-order valence-corrected chi connectivity index (χ2v) is 8.34. The lowest BCUT2D eigenvalue weighted by atomic mass is 9.93. The van der Waals surface area contributed by atoms with Crippen molar-refractivity contribution >= 4 is 21.4 Å². The first-order valence-corrected chi connectivity index (χ1v) is 9.12. The van der Waals surface area contributed by atoms with Crippen LogP contribution >= 0.6 is 11.3 Å². The lowest BCUT2D eigenvalue weighted by Gasteiger charge is -2.25. The Hall–Kier alpha value is -2.08. The summed E-state index contributed by atoms with van der Waals surface area (Å²) in [4.78, 5) is 5.62. The Kier molecular flexibility index (Phi) is 3.72. The van der Waals surface area contributed by atoms with Crippen LogP contribution < -0.4 is 10.1 Å². The van der Waals surface area contributed by atoms with Gasteiger partial charge in [-0.05, 0) is 18.1 Å². The summed E-state index contributed by atoms with van der Waals surface area (Å²) in [6.07, 6.45) is 3.07. The maximum Gasteiger partial charge on any atom is 0.214 e. The van der Waals surface area contributed by atoms with E-state index in [4.69, 9.17) is 4.74 Å². The molecule has 0 saturated carbocycles. The smallest absolute Gasteiger partial charge is 0.214 e. The van der Waals surface area contributed by atoms with Crippen molar-refractivity contribution in [2.24, 2.45) is 5.92 Å². The van der Waals surface area contributed by atoms with Crippen molar-refractivity contribution in [1.82, 2.24) is 14.6 Å². The predicted octanol–water partition coefficient (Wildman–Crippen LogP) is 3.75. The van der Waals surface area contributed by atoms with Crippen molar-refractivity contribution in [2.45, 2.75) is 32.6 Å². The van der Waals surface area contributed by atoms with Crippen LogP contribution in [0, 0.1) is 5.92 Å². The van der Waals surface area contributed by atoms with Crippen molar-refractivity contribution in [3.05, 3.63) is 41.7 Å². The number of fused-ring (bicyclic) bond motifs is 2. The fourth-order valence-corrected chi connectivity index (χ4v) is 3.67. The molecule has 2 aromatic heterocycles. The molecule has 1 aliphatic heterocycles. The minimum atomic E-state index is 0.0494. The number of anilines is 1. The van der Waals surface area contributed by atoms with E-state index < -0.39 is 0 Å². The zero-order valence-corrected chi connectivity index (χ0v) is 15.1. The third kappa shape index (κ3) is 2.98. The molecule has 0 unspecified atom stereocenters. The van der Waals surface area contributed by atoms with E-state index in [-0.39, 0.29) is 5.41 Å². The molecule has 6 heteroatoms. The van der Waals surface area contributed by atoms with Gasteiger partial charge in [0.15, 0.2) is 0 Å². The second kappa shape index (κ2) is 5.77. The van der Waals surface area contributed by atoms with Gasteiger partial charge in [-0.15, -0.1) is 5.10 Å². The number of hydrogen-bond acceptors (Lipinski definition) is 5. The van der Waals surface area contributed by atoms with E-state index in [1.807, 2.05) is 22.8 Å². The van der Waals surface area contributed by atoms with Crippen LogP contribution in [0.25, 0.3) is 4.96 Å². The Morgan fingerprint density at radius 1 is 1.33 bits per heavy atom. The fraction of sp³-hybridized carbons (Fsp3) is 0.444. The van der Waals surface area contributed by atoms with Crippen molar-refractivity contribution in [3.8, 4) is 5.75 Å². The van der Waals surface area contributed by atoms with Gasteiger partial charge in [0, 0.05) is 17.9 Å². The van der Waals surface area contributed by atoms with Gasteiger partial charge in [-0.3, -0.25) is 0 Å². The minimum absolute atomic E-state index is 0.0494. The first kappa shape index (κ1) is 15.4. The van der Waals surface area contributed by atoms with Gasteiger partial charge >= 0.3 is 0 Å². The van der Waals surface area contributed by atoms with E-state index >= 15 is 0 Å². The number of benzene rings is 1. The molecule has 1 aromatic carbocycles. The summed E-state index contributed by atoms with van der Waals surface area (Å²) in [7, 11) is 0.